The number of fused-ring (bicyclic) bond motifs is 1. The molecule has 0 saturated heterocycles. The first kappa shape index (κ1) is 18.6. The van der Waals surface area contributed by atoms with Gasteiger partial charge in [-0.3, -0.25) is 0 Å². The Labute approximate surface area is 155 Å². The summed E-state index contributed by atoms with van der Waals surface area (Å²) in [7, 11) is 3.41. The third-order valence-electron chi connectivity index (χ3n) is 5.53. The fourth-order valence-corrected chi connectivity index (χ4v) is 4.02. The molecule has 0 fully saturated rings. The number of rotatable bonds is 3. The molecule has 0 saturated carbocycles. The number of aliphatic hydroxyl groups is 1. The molecule has 1 aliphatic rings. The van der Waals surface area contributed by atoms with Crippen molar-refractivity contribution in [2.24, 2.45) is 0 Å². The molecule has 0 bridgehead atoms. The minimum atomic E-state index is -1.28. The maximum atomic E-state index is 12.2. The number of carbonyl (C=O) groups is 1. The van der Waals surface area contributed by atoms with Gasteiger partial charge >= 0.3 is 5.97 Å². The van der Waals surface area contributed by atoms with E-state index in [0.717, 1.165) is 41.8 Å². The molecule has 4 nitrogen and oxygen atoms in total. The third kappa shape index (κ3) is 3.15. The molecule has 2 aromatic rings. The van der Waals surface area contributed by atoms with E-state index in [2.05, 4.69) is 50.1 Å². The lowest BCUT2D eigenvalue weighted by molar-refractivity contribution is -0.150. The van der Waals surface area contributed by atoms with Gasteiger partial charge in [-0.2, -0.15) is 0 Å². The minimum absolute atomic E-state index is 0.620. The average molecular weight is 353 g/mol. The van der Waals surface area contributed by atoms with E-state index in [1.165, 1.54) is 23.8 Å². The van der Waals surface area contributed by atoms with Crippen LogP contribution in [-0.4, -0.2) is 36.7 Å². The molecule has 138 valence electrons. The highest BCUT2D eigenvalue weighted by atomic mass is 16.5. The zero-order chi connectivity index (χ0) is 19.0. The van der Waals surface area contributed by atoms with Crippen LogP contribution < -0.4 is 0 Å². The highest BCUT2D eigenvalue weighted by Crippen LogP contribution is 2.40. The van der Waals surface area contributed by atoms with E-state index in [1.807, 2.05) is 6.92 Å². The number of carbonyl (C=O) groups excluding carboxylic acids is 1. The van der Waals surface area contributed by atoms with Gasteiger partial charge in [0.05, 0.1) is 7.11 Å². The average Bonchev–Trinajstić information content (AvgIpc) is 2.64. The Hall–Kier alpha value is -2.17. The predicted octanol–water partition coefficient (Wildman–Crippen LogP) is 3.47. The number of aliphatic hydroxyl groups excluding tert-OH is 1. The Balaban J connectivity index is 2.31. The van der Waals surface area contributed by atoms with Gasteiger partial charge in [-0.25, -0.2) is 4.79 Å². The smallest absolute Gasteiger partial charge is 0.339 e. The third-order valence-corrected chi connectivity index (χ3v) is 5.53. The van der Waals surface area contributed by atoms with Crippen LogP contribution in [-0.2, 0) is 22.5 Å². The Morgan fingerprint density at radius 3 is 2.38 bits per heavy atom. The first-order valence-corrected chi connectivity index (χ1v) is 9.01. The molecule has 1 N–H and O–H groups in total. The Morgan fingerprint density at radius 2 is 1.77 bits per heavy atom. The number of ether oxygens (including phenoxy) is 1. The monoisotopic (exact) mass is 353 g/mol. The molecule has 1 atom stereocenters. The first-order chi connectivity index (χ1) is 12.3. The molecule has 3 rings (SSSR count). The van der Waals surface area contributed by atoms with Gasteiger partial charge in [-0.1, -0.05) is 29.8 Å². The van der Waals surface area contributed by atoms with E-state index in [9.17, 15) is 9.90 Å². The fourth-order valence-electron chi connectivity index (χ4n) is 4.02. The van der Waals surface area contributed by atoms with E-state index in [0.29, 0.717) is 5.56 Å². The summed E-state index contributed by atoms with van der Waals surface area (Å²) >= 11 is 0. The molecule has 1 unspecified atom stereocenters. The highest BCUT2D eigenvalue weighted by Gasteiger charge is 2.30. The van der Waals surface area contributed by atoms with E-state index >= 15 is 0 Å². The molecule has 0 aromatic heterocycles. The number of benzene rings is 2. The SMILES string of the molecule is COC(=O)C(O)c1c(C)c2c(c(C)c1-c1ccc(C)cc1)CCN(C)C2. The summed E-state index contributed by atoms with van der Waals surface area (Å²) in [4.78, 5) is 14.4. The lowest BCUT2D eigenvalue weighted by Crippen LogP contribution is -2.29. The van der Waals surface area contributed by atoms with Gasteiger partial charge in [0.2, 0.25) is 0 Å². The molecule has 0 radical (unpaired) electrons. The van der Waals surface area contributed by atoms with Crippen molar-refractivity contribution in [1.29, 1.82) is 0 Å². The van der Waals surface area contributed by atoms with E-state index in [4.69, 9.17) is 4.74 Å². The minimum Gasteiger partial charge on any atom is -0.467 e. The standard InChI is InChI=1S/C22H27NO3/c1-13-6-8-16(9-7-13)19-14(2)17-10-11-23(4)12-18(17)15(3)20(19)21(24)22(25)26-5/h6-9,21,24H,10-12H2,1-5H3. The second kappa shape index (κ2) is 7.22. The molecular formula is C22H27NO3. The topological polar surface area (TPSA) is 49.8 Å². The molecule has 26 heavy (non-hydrogen) atoms. The van der Waals surface area contributed by atoms with Crippen molar-refractivity contribution >= 4 is 5.97 Å². The molecule has 0 aliphatic carbocycles. The van der Waals surface area contributed by atoms with E-state index < -0.39 is 12.1 Å². The van der Waals surface area contributed by atoms with Crippen LogP contribution in [0.5, 0.6) is 0 Å². The summed E-state index contributed by atoms with van der Waals surface area (Å²) in [5, 5.41) is 10.8. The second-order valence-electron chi connectivity index (χ2n) is 7.28. The van der Waals surface area contributed by atoms with Crippen molar-refractivity contribution in [3.05, 3.63) is 57.6 Å². The van der Waals surface area contributed by atoms with Gasteiger partial charge in [-0.05, 0) is 67.6 Å². The number of hydrogen-bond acceptors (Lipinski definition) is 4. The number of methoxy groups -OCH3 is 1. The lowest BCUT2D eigenvalue weighted by Gasteiger charge is -2.32. The quantitative estimate of drug-likeness (QED) is 0.859. The summed E-state index contributed by atoms with van der Waals surface area (Å²) in [6.45, 7) is 8.01. The Kier molecular flexibility index (Phi) is 5.17. The maximum Gasteiger partial charge on any atom is 0.339 e. The van der Waals surface area contributed by atoms with Crippen LogP contribution in [0.15, 0.2) is 24.3 Å². The molecule has 0 spiro atoms. The summed E-state index contributed by atoms with van der Waals surface area (Å²) < 4.78 is 4.84. The predicted molar refractivity (Wildman–Crippen MR) is 103 cm³/mol. The zero-order valence-electron chi connectivity index (χ0n) is 16.2. The van der Waals surface area contributed by atoms with Crippen LogP contribution in [0.1, 0.15) is 39.5 Å². The normalized spacial score (nSPS) is 15.5. The molecule has 0 amide bonds. The summed E-state index contributed by atoms with van der Waals surface area (Å²) in [6.07, 6.45) is -0.307. The number of nitrogens with zero attached hydrogens (tertiary/aromatic N) is 1. The Bertz CT molecular complexity index is 840. The molecular weight excluding hydrogens is 326 g/mol. The maximum absolute atomic E-state index is 12.2. The highest BCUT2D eigenvalue weighted by molar-refractivity contribution is 5.84. The van der Waals surface area contributed by atoms with E-state index in [-0.39, 0.29) is 0 Å². The summed E-state index contributed by atoms with van der Waals surface area (Å²) in [6, 6.07) is 8.25. The van der Waals surface area contributed by atoms with Crippen LogP contribution in [0.2, 0.25) is 0 Å². The van der Waals surface area contributed by atoms with Gasteiger partial charge in [-0.15, -0.1) is 0 Å². The number of aryl methyl sites for hydroxylation is 1. The number of esters is 1. The van der Waals surface area contributed by atoms with Crippen molar-refractivity contribution < 1.29 is 14.6 Å². The number of hydrogen-bond donors (Lipinski definition) is 1. The molecule has 1 aliphatic heterocycles. The molecule has 2 aromatic carbocycles. The van der Waals surface area contributed by atoms with Gasteiger partial charge in [0.1, 0.15) is 0 Å². The van der Waals surface area contributed by atoms with Crippen LogP contribution in [0.25, 0.3) is 11.1 Å². The molecule has 4 heteroatoms. The van der Waals surface area contributed by atoms with Crippen LogP contribution in [0.4, 0.5) is 0 Å². The molecule has 1 heterocycles. The first-order valence-electron chi connectivity index (χ1n) is 9.01. The van der Waals surface area contributed by atoms with Gasteiger partial charge < -0.3 is 14.7 Å². The van der Waals surface area contributed by atoms with Crippen molar-refractivity contribution in [2.75, 3.05) is 20.7 Å². The van der Waals surface area contributed by atoms with Crippen LogP contribution in [0, 0.1) is 20.8 Å². The van der Waals surface area contributed by atoms with Crippen molar-refractivity contribution in [1.82, 2.24) is 4.90 Å². The van der Waals surface area contributed by atoms with E-state index in [1.54, 1.807) is 0 Å². The largest absolute Gasteiger partial charge is 0.467 e. The van der Waals surface area contributed by atoms with Crippen LogP contribution in [0.3, 0.4) is 0 Å². The summed E-state index contributed by atoms with van der Waals surface area (Å²) in [5.41, 5.74) is 8.55. The van der Waals surface area contributed by atoms with Crippen molar-refractivity contribution in [2.45, 2.75) is 39.8 Å². The zero-order valence-corrected chi connectivity index (χ0v) is 16.2. The Morgan fingerprint density at radius 1 is 1.12 bits per heavy atom. The van der Waals surface area contributed by atoms with Crippen molar-refractivity contribution in [3.63, 3.8) is 0 Å². The number of likely N-dealkylation sites (N-methyl/N-ethyl adjacent to an activating group) is 1. The summed E-state index contributed by atoms with van der Waals surface area (Å²) in [5.74, 6) is -0.620. The van der Waals surface area contributed by atoms with Gasteiger partial charge in [0, 0.05) is 18.7 Å². The van der Waals surface area contributed by atoms with Gasteiger partial charge in [0.15, 0.2) is 6.10 Å². The fraction of sp³-hybridized carbons (Fsp3) is 0.409. The van der Waals surface area contributed by atoms with Gasteiger partial charge in [0.25, 0.3) is 0 Å². The second-order valence-corrected chi connectivity index (χ2v) is 7.28. The lowest BCUT2D eigenvalue weighted by atomic mass is 9.80. The van der Waals surface area contributed by atoms with Crippen LogP contribution >= 0.6 is 0 Å². The van der Waals surface area contributed by atoms with Crippen molar-refractivity contribution in [3.8, 4) is 11.1 Å².